The summed E-state index contributed by atoms with van der Waals surface area (Å²) in [6.07, 6.45) is 3.43. The van der Waals surface area contributed by atoms with E-state index in [9.17, 15) is 4.79 Å². The van der Waals surface area contributed by atoms with Gasteiger partial charge in [-0.05, 0) is 37.3 Å². The molecule has 1 amide bonds. The molecule has 0 spiro atoms. The number of pyridine rings is 1. The number of hydrogen-bond acceptors (Lipinski definition) is 5. The van der Waals surface area contributed by atoms with Crippen molar-refractivity contribution in [1.29, 1.82) is 0 Å². The largest absolute Gasteiger partial charge is 0.483 e. The predicted molar refractivity (Wildman–Crippen MR) is 123 cm³/mol. The molecule has 2 N–H and O–H groups in total. The molecule has 4 aromatic rings. The summed E-state index contributed by atoms with van der Waals surface area (Å²) in [4.78, 5) is 29.9. The number of amides is 1. The van der Waals surface area contributed by atoms with Crippen LogP contribution < -0.4 is 5.32 Å². The molecular weight excluding hydrogens is 406 g/mol. The van der Waals surface area contributed by atoms with Gasteiger partial charge in [-0.2, -0.15) is 5.10 Å². The number of aromatic nitrogens is 4. The van der Waals surface area contributed by atoms with Crippen LogP contribution in [0.1, 0.15) is 26.3 Å². The zero-order valence-electron chi connectivity index (χ0n) is 18.4. The smallest absolute Gasteiger partial charge is 0.290 e. The summed E-state index contributed by atoms with van der Waals surface area (Å²) in [5, 5.41) is 14.3. The average molecular weight is 431 g/mol. The van der Waals surface area contributed by atoms with Gasteiger partial charge < -0.3 is 10.4 Å². The van der Waals surface area contributed by atoms with Gasteiger partial charge in [0.2, 0.25) is 5.91 Å². The summed E-state index contributed by atoms with van der Waals surface area (Å²) in [5.41, 5.74) is 5.01. The van der Waals surface area contributed by atoms with E-state index in [-0.39, 0.29) is 12.4 Å². The van der Waals surface area contributed by atoms with E-state index >= 15 is 0 Å². The maximum atomic E-state index is 12.4. The summed E-state index contributed by atoms with van der Waals surface area (Å²) in [7, 11) is 0. The number of benzene rings is 1. The number of carbonyl (C=O) groups excluding carboxylic acids is 1. The SMILES string of the molecule is Cc1cccc(-c2nc3cccnn3c2-c2ccnc(NC(=O)C(C)(C)C)c2)c1.O=CO. The Bertz CT molecular complexity index is 1260. The first-order chi connectivity index (χ1) is 15.2. The number of fused-ring (bicyclic) bond motifs is 1. The van der Waals surface area contributed by atoms with Crippen molar-refractivity contribution in [3.05, 3.63) is 66.5 Å². The van der Waals surface area contributed by atoms with E-state index in [0.717, 1.165) is 33.7 Å². The lowest BCUT2D eigenvalue weighted by molar-refractivity contribution is -0.123. The molecule has 8 heteroatoms. The van der Waals surface area contributed by atoms with Crippen molar-refractivity contribution in [2.24, 2.45) is 5.41 Å². The maximum Gasteiger partial charge on any atom is 0.290 e. The van der Waals surface area contributed by atoms with Crippen LogP contribution in [0, 0.1) is 12.3 Å². The lowest BCUT2D eigenvalue weighted by Gasteiger charge is -2.17. The van der Waals surface area contributed by atoms with Gasteiger partial charge in [-0.1, -0.05) is 44.5 Å². The van der Waals surface area contributed by atoms with Gasteiger partial charge in [0, 0.05) is 28.9 Å². The molecule has 3 heterocycles. The van der Waals surface area contributed by atoms with Crippen LogP contribution in [0.5, 0.6) is 0 Å². The molecule has 1 aromatic carbocycles. The van der Waals surface area contributed by atoms with E-state index in [1.54, 1.807) is 12.4 Å². The van der Waals surface area contributed by atoms with Gasteiger partial charge in [-0.15, -0.1) is 0 Å². The highest BCUT2D eigenvalue weighted by Crippen LogP contribution is 2.33. The zero-order valence-corrected chi connectivity index (χ0v) is 18.4. The first kappa shape index (κ1) is 22.6. The summed E-state index contributed by atoms with van der Waals surface area (Å²) < 4.78 is 1.82. The number of carbonyl (C=O) groups is 2. The Morgan fingerprint density at radius 1 is 1.06 bits per heavy atom. The standard InChI is InChI=1S/C23H23N5O.CH2O2/c1-15-7-5-8-16(13-15)20-21(28-19(27-20)9-6-11-25-28)17-10-12-24-18(14-17)26-22(29)23(2,3)4;2-1-3/h5-14H,1-4H3,(H,24,26,29);1H,(H,2,3). The third-order valence-electron chi connectivity index (χ3n) is 4.64. The van der Waals surface area contributed by atoms with E-state index in [4.69, 9.17) is 14.9 Å². The van der Waals surface area contributed by atoms with Crippen molar-refractivity contribution in [3.63, 3.8) is 0 Å². The van der Waals surface area contributed by atoms with Gasteiger partial charge >= 0.3 is 0 Å². The molecule has 0 saturated heterocycles. The van der Waals surface area contributed by atoms with E-state index in [1.165, 1.54) is 0 Å². The molecule has 0 unspecified atom stereocenters. The minimum absolute atomic E-state index is 0.0858. The van der Waals surface area contributed by atoms with Gasteiger partial charge in [0.25, 0.3) is 6.47 Å². The number of nitrogens with zero attached hydrogens (tertiary/aromatic N) is 4. The number of imidazole rings is 1. The van der Waals surface area contributed by atoms with E-state index in [2.05, 4.69) is 34.5 Å². The molecule has 0 aliphatic heterocycles. The molecule has 0 fully saturated rings. The molecule has 0 aliphatic rings. The van der Waals surface area contributed by atoms with Crippen LogP contribution in [0.25, 0.3) is 28.2 Å². The zero-order chi connectivity index (χ0) is 23.3. The summed E-state index contributed by atoms with van der Waals surface area (Å²) in [6.45, 7) is 7.42. The Labute approximate surface area is 186 Å². The second-order valence-corrected chi connectivity index (χ2v) is 8.21. The second-order valence-electron chi connectivity index (χ2n) is 8.21. The molecule has 32 heavy (non-hydrogen) atoms. The molecule has 164 valence electrons. The fourth-order valence-corrected chi connectivity index (χ4v) is 3.09. The van der Waals surface area contributed by atoms with Crippen LogP contribution in [0.2, 0.25) is 0 Å². The van der Waals surface area contributed by atoms with Crippen molar-refractivity contribution in [2.75, 3.05) is 5.32 Å². The minimum Gasteiger partial charge on any atom is -0.483 e. The molecule has 0 aliphatic carbocycles. The number of hydrogen-bond donors (Lipinski definition) is 2. The third kappa shape index (κ3) is 4.97. The van der Waals surface area contributed by atoms with Gasteiger partial charge in [0.15, 0.2) is 5.65 Å². The van der Waals surface area contributed by atoms with Crippen LogP contribution in [0.4, 0.5) is 5.82 Å². The van der Waals surface area contributed by atoms with Gasteiger partial charge in [0.1, 0.15) is 11.5 Å². The van der Waals surface area contributed by atoms with Gasteiger partial charge in [-0.3, -0.25) is 9.59 Å². The fourth-order valence-electron chi connectivity index (χ4n) is 3.09. The third-order valence-corrected chi connectivity index (χ3v) is 4.64. The van der Waals surface area contributed by atoms with Crippen molar-refractivity contribution in [1.82, 2.24) is 19.6 Å². The average Bonchev–Trinajstić information content (AvgIpc) is 3.13. The Balaban J connectivity index is 0.000000913. The highest BCUT2D eigenvalue weighted by Gasteiger charge is 2.22. The molecule has 4 rings (SSSR count). The Kier molecular flexibility index (Phi) is 6.63. The van der Waals surface area contributed by atoms with Crippen LogP contribution in [-0.2, 0) is 9.59 Å². The van der Waals surface area contributed by atoms with Crippen molar-refractivity contribution < 1.29 is 14.7 Å². The normalized spacial score (nSPS) is 10.9. The minimum atomic E-state index is -0.505. The Morgan fingerprint density at radius 2 is 1.81 bits per heavy atom. The topological polar surface area (TPSA) is 109 Å². The Morgan fingerprint density at radius 3 is 2.50 bits per heavy atom. The molecular formula is C24H25N5O3. The number of carboxylic acid groups (broad SMARTS) is 1. The Hall–Kier alpha value is -4.07. The number of nitrogens with one attached hydrogen (secondary N) is 1. The summed E-state index contributed by atoms with van der Waals surface area (Å²) in [6, 6.07) is 15.8. The molecule has 0 saturated carbocycles. The summed E-state index contributed by atoms with van der Waals surface area (Å²) in [5.74, 6) is 0.417. The van der Waals surface area contributed by atoms with Crippen LogP contribution >= 0.6 is 0 Å². The van der Waals surface area contributed by atoms with Crippen LogP contribution in [0.3, 0.4) is 0 Å². The van der Waals surface area contributed by atoms with E-state index < -0.39 is 5.41 Å². The quantitative estimate of drug-likeness (QED) is 0.464. The highest BCUT2D eigenvalue weighted by atomic mass is 16.3. The van der Waals surface area contributed by atoms with Crippen LogP contribution in [-0.4, -0.2) is 37.1 Å². The first-order valence-corrected chi connectivity index (χ1v) is 10.0. The fraction of sp³-hybridized carbons (Fsp3) is 0.208. The van der Waals surface area contributed by atoms with Crippen molar-refractivity contribution in [2.45, 2.75) is 27.7 Å². The second kappa shape index (κ2) is 9.38. The molecule has 8 nitrogen and oxygen atoms in total. The maximum absolute atomic E-state index is 12.4. The van der Waals surface area contributed by atoms with E-state index in [1.807, 2.05) is 61.7 Å². The van der Waals surface area contributed by atoms with E-state index in [0.29, 0.717) is 5.82 Å². The monoisotopic (exact) mass is 431 g/mol. The number of rotatable bonds is 3. The van der Waals surface area contributed by atoms with Crippen molar-refractivity contribution >= 4 is 23.8 Å². The van der Waals surface area contributed by atoms with Gasteiger partial charge in [0.05, 0.1) is 5.69 Å². The van der Waals surface area contributed by atoms with Crippen molar-refractivity contribution in [3.8, 4) is 22.5 Å². The molecule has 3 aromatic heterocycles. The lowest BCUT2D eigenvalue weighted by atomic mass is 9.96. The molecule has 0 bridgehead atoms. The summed E-state index contributed by atoms with van der Waals surface area (Å²) >= 11 is 0. The molecule has 0 atom stereocenters. The molecule has 0 radical (unpaired) electrons. The van der Waals surface area contributed by atoms with Crippen LogP contribution in [0.15, 0.2) is 60.9 Å². The predicted octanol–water partition coefficient (Wildman–Crippen LogP) is 4.45. The lowest BCUT2D eigenvalue weighted by Crippen LogP contribution is -2.28. The number of aryl methyl sites for hydroxylation is 1. The highest BCUT2D eigenvalue weighted by molar-refractivity contribution is 5.94. The number of anilines is 1. The van der Waals surface area contributed by atoms with Gasteiger partial charge in [-0.25, -0.2) is 14.5 Å². The first-order valence-electron chi connectivity index (χ1n) is 10.0.